The molecular weight excluding hydrogens is 596 g/mol. The highest BCUT2D eigenvalue weighted by molar-refractivity contribution is 5.70. The third kappa shape index (κ3) is 36.4. The zero-order chi connectivity index (χ0) is 35.0. The molecule has 0 aromatic carbocycles. The number of allylic oxidation sites excluding steroid dienone is 10. The number of hydrogen-bond acceptors (Lipinski definition) is 5. The number of hydrogen-bond donors (Lipinski definition) is 0. The van der Waals surface area contributed by atoms with Gasteiger partial charge < -0.3 is 14.2 Å². The second kappa shape index (κ2) is 39.0. The molecule has 1 atom stereocenters. The predicted molar refractivity (Wildman–Crippen MR) is 205 cm³/mol. The quantitative estimate of drug-likeness (QED) is 0.0381. The molecule has 0 spiro atoms. The fraction of sp³-hybridized carbons (Fsp3) is 0.721. The average molecular weight is 671 g/mol. The van der Waals surface area contributed by atoms with Gasteiger partial charge in [-0.1, -0.05) is 146 Å². The Hall–Kier alpha value is -2.40. The molecule has 276 valence electrons. The van der Waals surface area contributed by atoms with Crippen LogP contribution in [0.4, 0.5) is 0 Å². The van der Waals surface area contributed by atoms with E-state index in [1.165, 1.54) is 51.4 Å². The molecule has 0 rings (SSSR count). The van der Waals surface area contributed by atoms with Gasteiger partial charge in [0.1, 0.15) is 6.61 Å². The molecule has 0 aliphatic rings. The summed E-state index contributed by atoms with van der Waals surface area (Å²) in [7, 11) is 0. The van der Waals surface area contributed by atoms with Crippen LogP contribution in [-0.2, 0) is 23.8 Å². The molecule has 0 radical (unpaired) electrons. The van der Waals surface area contributed by atoms with Gasteiger partial charge in [0.15, 0.2) is 6.10 Å². The van der Waals surface area contributed by atoms with Gasteiger partial charge >= 0.3 is 11.9 Å². The Morgan fingerprint density at radius 1 is 0.479 bits per heavy atom. The lowest BCUT2D eigenvalue weighted by Crippen LogP contribution is -2.30. The number of ether oxygens (including phenoxy) is 3. The van der Waals surface area contributed by atoms with Crippen LogP contribution < -0.4 is 0 Å². The van der Waals surface area contributed by atoms with Crippen molar-refractivity contribution in [2.45, 2.75) is 181 Å². The number of esters is 2. The molecular formula is C43H74O5. The van der Waals surface area contributed by atoms with Crippen molar-refractivity contribution in [2.24, 2.45) is 0 Å². The summed E-state index contributed by atoms with van der Waals surface area (Å²) in [6, 6.07) is 0. The van der Waals surface area contributed by atoms with Gasteiger partial charge in [0, 0.05) is 19.4 Å². The standard InChI is InChI=1S/C43H74O5/c1-4-7-10-13-15-17-19-21-23-25-27-29-32-35-38-46-39-41(48-43(45)37-34-30-12-9-6-3)40-47-42(44)36-33-31-28-26-24-22-20-18-16-14-11-8-5-2/h7,10-11,14-15,17-18,20-21,23,41H,4-6,8-9,12-13,16,19,22,24-40H2,1-3H3/b10-7-,14-11-,17-15-,20-18-,23-21-. The minimum absolute atomic E-state index is 0.0668. The van der Waals surface area contributed by atoms with E-state index in [1.807, 2.05) is 0 Å². The third-order valence-corrected chi connectivity index (χ3v) is 8.02. The van der Waals surface area contributed by atoms with E-state index in [9.17, 15) is 9.59 Å². The first-order valence-electron chi connectivity index (χ1n) is 19.8. The van der Waals surface area contributed by atoms with Gasteiger partial charge in [-0.3, -0.25) is 9.59 Å². The van der Waals surface area contributed by atoms with Crippen LogP contribution in [0.2, 0.25) is 0 Å². The summed E-state index contributed by atoms with van der Waals surface area (Å²) in [6.45, 7) is 7.49. The predicted octanol–water partition coefficient (Wildman–Crippen LogP) is 12.7. The molecule has 5 nitrogen and oxygen atoms in total. The number of carbonyl (C=O) groups excluding carboxylic acids is 2. The minimum atomic E-state index is -0.547. The van der Waals surface area contributed by atoms with E-state index in [1.54, 1.807) is 0 Å². The van der Waals surface area contributed by atoms with E-state index in [2.05, 4.69) is 81.5 Å². The van der Waals surface area contributed by atoms with Crippen molar-refractivity contribution in [1.82, 2.24) is 0 Å². The molecule has 1 unspecified atom stereocenters. The third-order valence-electron chi connectivity index (χ3n) is 8.02. The Morgan fingerprint density at radius 3 is 1.58 bits per heavy atom. The molecule has 0 aromatic rings. The highest BCUT2D eigenvalue weighted by Gasteiger charge is 2.17. The number of rotatable bonds is 35. The molecule has 0 N–H and O–H groups in total. The van der Waals surface area contributed by atoms with Gasteiger partial charge in [0.25, 0.3) is 0 Å². The Morgan fingerprint density at radius 2 is 0.979 bits per heavy atom. The maximum absolute atomic E-state index is 12.5. The zero-order valence-corrected chi connectivity index (χ0v) is 31.5. The van der Waals surface area contributed by atoms with Crippen LogP contribution in [0.15, 0.2) is 60.8 Å². The first kappa shape index (κ1) is 45.6. The van der Waals surface area contributed by atoms with Crippen molar-refractivity contribution >= 4 is 11.9 Å². The lowest BCUT2D eigenvalue weighted by atomic mass is 10.1. The molecule has 0 aliphatic carbocycles. The SMILES string of the molecule is CC/C=C\C/C=C\C/C=C\CCCCCCOCC(COC(=O)CCCCCCC/C=C\C/C=C\CCC)OC(=O)CCCCCCC. The van der Waals surface area contributed by atoms with E-state index >= 15 is 0 Å². The molecule has 0 aromatic heterocycles. The van der Waals surface area contributed by atoms with Gasteiger partial charge in [-0.2, -0.15) is 0 Å². The fourth-order valence-electron chi connectivity index (χ4n) is 5.09. The lowest BCUT2D eigenvalue weighted by molar-refractivity contribution is -0.163. The van der Waals surface area contributed by atoms with Crippen molar-refractivity contribution in [2.75, 3.05) is 19.8 Å². The monoisotopic (exact) mass is 671 g/mol. The molecule has 5 heteroatoms. The van der Waals surface area contributed by atoms with Crippen LogP contribution in [-0.4, -0.2) is 37.9 Å². The molecule has 0 bridgehead atoms. The summed E-state index contributed by atoms with van der Waals surface area (Å²) >= 11 is 0. The summed E-state index contributed by atoms with van der Waals surface area (Å²) in [6.07, 6.45) is 46.7. The largest absolute Gasteiger partial charge is 0.462 e. The second-order valence-electron chi connectivity index (χ2n) is 12.8. The second-order valence-corrected chi connectivity index (χ2v) is 12.8. The number of unbranched alkanes of at least 4 members (excludes halogenated alkanes) is 14. The number of carbonyl (C=O) groups is 2. The van der Waals surface area contributed by atoms with Crippen molar-refractivity contribution in [3.63, 3.8) is 0 Å². The fourth-order valence-corrected chi connectivity index (χ4v) is 5.09. The highest BCUT2D eigenvalue weighted by Crippen LogP contribution is 2.11. The molecule has 0 saturated carbocycles. The normalized spacial score (nSPS) is 12.8. The minimum Gasteiger partial charge on any atom is -0.462 e. The van der Waals surface area contributed by atoms with E-state index < -0.39 is 6.10 Å². The van der Waals surface area contributed by atoms with Gasteiger partial charge in [-0.05, 0) is 77.0 Å². The molecule has 48 heavy (non-hydrogen) atoms. The van der Waals surface area contributed by atoms with Crippen LogP contribution >= 0.6 is 0 Å². The maximum atomic E-state index is 12.5. The topological polar surface area (TPSA) is 61.8 Å². The van der Waals surface area contributed by atoms with Gasteiger partial charge in [0.05, 0.1) is 6.61 Å². The average Bonchev–Trinajstić information content (AvgIpc) is 3.08. The van der Waals surface area contributed by atoms with Crippen LogP contribution in [0.1, 0.15) is 175 Å². The van der Waals surface area contributed by atoms with Crippen molar-refractivity contribution in [3.05, 3.63) is 60.8 Å². The molecule has 0 amide bonds. The first-order chi connectivity index (χ1) is 23.6. The first-order valence-corrected chi connectivity index (χ1v) is 19.8. The Bertz CT molecular complexity index is 853. The molecule has 0 aliphatic heterocycles. The molecule has 0 fully saturated rings. The Balaban J connectivity index is 4.18. The Kier molecular flexibility index (Phi) is 37.1. The smallest absolute Gasteiger partial charge is 0.306 e. The van der Waals surface area contributed by atoms with E-state index in [0.717, 1.165) is 89.9 Å². The van der Waals surface area contributed by atoms with Crippen LogP contribution in [0.3, 0.4) is 0 Å². The maximum Gasteiger partial charge on any atom is 0.306 e. The Labute approximate surface area is 296 Å². The highest BCUT2D eigenvalue weighted by atomic mass is 16.6. The van der Waals surface area contributed by atoms with Crippen LogP contribution in [0, 0.1) is 0 Å². The molecule has 0 saturated heterocycles. The lowest BCUT2D eigenvalue weighted by Gasteiger charge is -2.18. The summed E-state index contributed by atoms with van der Waals surface area (Å²) < 4.78 is 17.1. The van der Waals surface area contributed by atoms with Gasteiger partial charge in [0.2, 0.25) is 0 Å². The zero-order valence-electron chi connectivity index (χ0n) is 31.5. The van der Waals surface area contributed by atoms with E-state index in [-0.39, 0.29) is 25.2 Å². The van der Waals surface area contributed by atoms with Crippen LogP contribution in [0.5, 0.6) is 0 Å². The molecule has 0 heterocycles. The van der Waals surface area contributed by atoms with Crippen molar-refractivity contribution in [3.8, 4) is 0 Å². The summed E-state index contributed by atoms with van der Waals surface area (Å²) in [5, 5.41) is 0. The van der Waals surface area contributed by atoms with Crippen LogP contribution in [0.25, 0.3) is 0 Å². The van der Waals surface area contributed by atoms with Crippen molar-refractivity contribution < 1.29 is 23.8 Å². The van der Waals surface area contributed by atoms with Gasteiger partial charge in [-0.25, -0.2) is 0 Å². The summed E-state index contributed by atoms with van der Waals surface area (Å²) in [4.78, 5) is 24.9. The summed E-state index contributed by atoms with van der Waals surface area (Å²) in [5.74, 6) is -0.445. The van der Waals surface area contributed by atoms with E-state index in [4.69, 9.17) is 14.2 Å². The summed E-state index contributed by atoms with van der Waals surface area (Å²) in [5.41, 5.74) is 0. The van der Waals surface area contributed by atoms with Crippen molar-refractivity contribution in [1.29, 1.82) is 0 Å². The van der Waals surface area contributed by atoms with Gasteiger partial charge in [-0.15, -0.1) is 0 Å². The van der Waals surface area contributed by atoms with E-state index in [0.29, 0.717) is 19.4 Å².